The molecule has 4 aromatic carbocycles. The van der Waals surface area contributed by atoms with Crippen LogP contribution in [0.25, 0.3) is 21.9 Å². The first kappa shape index (κ1) is 48.2. The van der Waals surface area contributed by atoms with E-state index in [0.29, 0.717) is 30.6 Å². The Hall–Kier alpha value is -6.49. The van der Waals surface area contributed by atoms with Crippen molar-refractivity contribution in [1.82, 2.24) is 34.9 Å². The zero-order valence-electron chi connectivity index (χ0n) is 40.4. The van der Waals surface area contributed by atoms with Crippen LogP contribution in [-0.4, -0.2) is 125 Å². The summed E-state index contributed by atoms with van der Waals surface area (Å²) in [4.78, 5) is 68.3. The van der Waals surface area contributed by atoms with Crippen LogP contribution in [0.15, 0.2) is 83.7 Å². The topological polar surface area (TPSA) is 170 Å². The normalized spacial score (nSPS) is 18.4. The zero-order chi connectivity index (χ0) is 49.7. The van der Waals surface area contributed by atoms with E-state index < -0.39 is 43.4 Å². The summed E-state index contributed by atoms with van der Waals surface area (Å²) in [6, 6.07) is 18.4. The molecule has 1 unspecified atom stereocenters. The van der Waals surface area contributed by atoms with Crippen molar-refractivity contribution in [2.75, 3.05) is 86.7 Å². The standard InChI is InChI=1S/C52H56BrFN11O5P/c1-52(15-18-63(19-16-52)43-26-36-35(24-38(43)54)49(68)65(50(36)69)41-12-13-45(66)59-48(41)67)14-17-62-20-22-64(23-21-62)42-27-44(70-3)40(25-34(42)32-28-56-61(2)30-32)58-51-55-29-37(53)47(60-51)57-39-11-10-31-8-6-7-9-33(31)46(39)71(4)5/h6-11,24-30,41H,12-23H2,1-5H3,(H,59,66,67)(H2,55,57,58,60). The highest BCUT2D eigenvalue weighted by Crippen LogP contribution is 2.43. The third kappa shape index (κ3) is 9.56. The van der Waals surface area contributed by atoms with Crippen LogP contribution in [-0.2, 0) is 16.6 Å². The minimum absolute atomic E-state index is 0.0160. The number of carbonyl (C=O) groups excluding carboxylic acids is 4. The fraction of sp³-hybridized carbons (Fsp3) is 0.365. The van der Waals surface area contributed by atoms with E-state index in [-0.39, 0.29) is 35.1 Å². The highest BCUT2D eigenvalue weighted by Gasteiger charge is 2.45. The second kappa shape index (κ2) is 19.6. The van der Waals surface area contributed by atoms with Crippen molar-refractivity contribution >= 4 is 98.1 Å². The number of carbonyl (C=O) groups is 4. The second-order valence-corrected chi connectivity index (χ2v) is 22.5. The van der Waals surface area contributed by atoms with Crippen LogP contribution in [0.2, 0.25) is 0 Å². The van der Waals surface area contributed by atoms with Crippen molar-refractivity contribution in [2.45, 2.75) is 45.1 Å². The number of piperazine rings is 1. The summed E-state index contributed by atoms with van der Waals surface area (Å²) in [5.74, 6) is -1.37. The summed E-state index contributed by atoms with van der Waals surface area (Å²) < 4.78 is 24.3. The molecule has 0 saturated carbocycles. The zero-order valence-corrected chi connectivity index (χ0v) is 42.9. The van der Waals surface area contributed by atoms with Gasteiger partial charge in [0.25, 0.3) is 11.8 Å². The molecule has 71 heavy (non-hydrogen) atoms. The van der Waals surface area contributed by atoms with Gasteiger partial charge in [0.05, 0.1) is 40.3 Å². The Kier molecular flexibility index (Phi) is 13.3. The molecule has 4 aliphatic heterocycles. The molecule has 1 atom stereocenters. The lowest BCUT2D eigenvalue weighted by Gasteiger charge is -2.43. The first-order valence-electron chi connectivity index (χ1n) is 23.9. The maximum absolute atomic E-state index is 15.7. The van der Waals surface area contributed by atoms with E-state index in [4.69, 9.17) is 9.72 Å². The molecule has 19 heteroatoms. The SMILES string of the molecule is COc1cc(N2CCN(CCC3(C)CCN(c4cc5c(cc4F)C(=O)N(C4CCC(=O)NC4=O)C5=O)CC3)CC2)c(-c2cnn(C)c2)cc1Nc1ncc(Br)c(Nc2ccc3ccccc3c2P(C)C)n1. The number of aryl methyl sites for hydroxylation is 1. The predicted octanol–water partition coefficient (Wildman–Crippen LogP) is 8.01. The van der Waals surface area contributed by atoms with Gasteiger partial charge in [-0.1, -0.05) is 45.2 Å². The Labute approximate surface area is 421 Å². The molecule has 2 aromatic heterocycles. The summed E-state index contributed by atoms with van der Waals surface area (Å²) in [7, 11) is 3.15. The Morgan fingerprint density at radius 2 is 1.61 bits per heavy atom. The lowest BCUT2D eigenvalue weighted by atomic mass is 9.77. The molecule has 0 radical (unpaired) electrons. The first-order chi connectivity index (χ1) is 34.2. The van der Waals surface area contributed by atoms with Crippen molar-refractivity contribution in [2.24, 2.45) is 12.5 Å². The molecule has 0 aliphatic carbocycles. The molecule has 3 fully saturated rings. The summed E-state index contributed by atoms with van der Waals surface area (Å²) in [6.45, 7) is 12.3. The van der Waals surface area contributed by atoms with E-state index in [1.54, 1.807) is 18.0 Å². The van der Waals surface area contributed by atoms with E-state index in [1.165, 1.54) is 22.1 Å². The summed E-state index contributed by atoms with van der Waals surface area (Å²) in [5, 5.41) is 17.5. The maximum atomic E-state index is 15.7. The van der Waals surface area contributed by atoms with E-state index in [0.717, 1.165) is 95.6 Å². The fourth-order valence-electron chi connectivity index (χ4n) is 10.4. The maximum Gasteiger partial charge on any atom is 0.262 e. The summed E-state index contributed by atoms with van der Waals surface area (Å²) in [6.07, 6.45) is 8.35. The van der Waals surface area contributed by atoms with Crippen LogP contribution in [0.3, 0.4) is 0 Å². The highest BCUT2D eigenvalue weighted by molar-refractivity contribution is 9.10. The number of fused-ring (bicyclic) bond motifs is 2. The molecule has 3 saturated heterocycles. The lowest BCUT2D eigenvalue weighted by Crippen LogP contribution is -2.54. The van der Waals surface area contributed by atoms with Crippen LogP contribution >= 0.6 is 23.9 Å². The summed E-state index contributed by atoms with van der Waals surface area (Å²) >= 11 is 3.69. The number of piperidine rings is 2. The van der Waals surface area contributed by atoms with Gasteiger partial charge < -0.3 is 25.2 Å². The Morgan fingerprint density at radius 1 is 0.873 bits per heavy atom. The van der Waals surface area contributed by atoms with Gasteiger partial charge >= 0.3 is 0 Å². The van der Waals surface area contributed by atoms with Crippen LogP contribution in [0.5, 0.6) is 5.75 Å². The number of benzene rings is 4. The van der Waals surface area contributed by atoms with Crippen LogP contribution in [0.1, 0.15) is 59.7 Å². The molecule has 4 aliphatic rings. The van der Waals surface area contributed by atoms with Crippen molar-refractivity contribution in [3.8, 4) is 16.9 Å². The number of methoxy groups -OCH3 is 1. The number of aromatic nitrogens is 4. The molecule has 6 aromatic rings. The highest BCUT2D eigenvalue weighted by atomic mass is 79.9. The Morgan fingerprint density at radius 3 is 2.31 bits per heavy atom. The molecule has 6 heterocycles. The van der Waals surface area contributed by atoms with Gasteiger partial charge in [0.2, 0.25) is 17.8 Å². The van der Waals surface area contributed by atoms with E-state index in [9.17, 15) is 19.2 Å². The average Bonchev–Trinajstić information content (AvgIpc) is 3.90. The van der Waals surface area contributed by atoms with Crippen molar-refractivity contribution in [3.05, 3.63) is 101 Å². The first-order valence-corrected chi connectivity index (χ1v) is 26.9. The number of amides is 4. The number of rotatable bonds is 13. The number of hydrogen-bond donors (Lipinski definition) is 3. The summed E-state index contributed by atoms with van der Waals surface area (Å²) in [5.41, 5.74) is 5.09. The molecular weight excluding hydrogens is 989 g/mol. The largest absolute Gasteiger partial charge is 0.494 e. The number of nitrogens with one attached hydrogen (secondary N) is 3. The molecule has 16 nitrogen and oxygen atoms in total. The average molecular weight is 1040 g/mol. The molecule has 4 amide bonds. The third-order valence-electron chi connectivity index (χ3n) is 14.5. The van der Waals surface area contributed by atoms with Gasteiger partial charge in [0, 0.05) is 99.0 Å². The number of nitrogens with zero attached hydrogens (tertiary/aromatic N) is 8. The molecule has 10 rings (SSSR count). The van der Waals surface area contributed by atoms with Gasteiger partial charge in [0.15, 0.2) is 0 Å². The minimum Gasteiger partial charge on any atom is -0.494 e. The van der Waals surface area contributed by atoms with Gasteiger partial charge in [-0.3, -0.25) is 39.0 Å². The molecule has 0 spiro atoms. The minimum atomic E-state index is -1.10. The van der Waals surface area contributed by atoms with E-state index in [1.807, 2.05) is 24.3 Å². The Balaban J connectivity index is 0.789. The number of halogens is 2. The quantitative estimate of drug-likeness (QED) is 0.0752. The van der Waals surface area contributed by atoms with E-state index in [2.05, 4.69) is 121 Å². The van der Waals surface area contributed by atoms with Crippen LogP contribution < -0.4 is 35.8 Å². The number of imide groups is 2. The Bertz CT molecular complexity index is 3100. The number of hydrogen-bond acceptors (Lipinski definition) is 13. The third-order valence-corrected chi connectivity index (χ3v) is 16.4. The number of ether oxygens (including phenoxy) is 1. The van der Waals surface area contributed by atoms with Crippen molar-refractivity contribution < 1.29 is 28.3 Å². The second-order valence-electron chi connectivity index (χ2n) is 19.4. The van der Waals surface area contributed by atoms with Gasteiger partial charge in [0.1, 0.15) is 23.4 Å². The lowest BCUT2D eigenvalue weighted by molar-refractivity contribution is -0.136. The predicted molar refractivity (Wildman–Crippen MR) is 280 cm³/mol. The molecule has 368 valence electrons. The van der Waals surface area contributed by atoms with Gasteiger partial charge in [-0.2, -0.15) is 10.1 Å². The monoisotopic (exact) mass is 1040 g/mol. The van der Waals surface area contributed by atoms with Gasteiger partial charge in [-0.05, 0) is 102 Å². The van der Waals surface area contributed by atoms with Crippen molar-refractivity contribution in [3.63, 3.8) is 0 Å². The van der Waals surface area contributed by atoms with Crippen LogP contribution in [0.4, 0.5) is 38.9 Å². The number of anilines is 6. The van der Waals surface area contributed by atoms with Crippen molar-refractivity contribution in [1.29, 1.82) is 0 Å². The van der Waals surface area contributed by atoms with E-state index >= 15 is 4.39 Å². The van der Waals surface area contributed by atoms with Gasteiger partial charge in [-0.25, -0.2) is 9.37 Å². The smallest absolute Gasteiger partial charge is 0.262 e. The van der Waals surface area contributed by atoms with Crippen LogP contribution in [0, 0.1) is 11.2 Å². The molecular formula is C52H56BrFN11O5P. The molecule has 3 N–H and O–H groups in total. The molecule has 0 bridgehead atoms. The fourth-order valence-corrected chi connectivity index (χ4v) is 12.0. The van der Waals surface area contributed by atoms with Gasteiger partial charge in [-0.15, -0.1) is 0 Å².